The molecule has 1 N–H and O–H groups in total. The molecule has 0 aliphatic rings. The Labute approximate surface area is 114 Å². The van der Waals surface area contributed by atoms with Gasteiger partial charge in [0.05, 0.1) is 5.52 Å². The lowest BCUT2D eigenvalue weighted by atomic mass is 10.2. The topological polar surface area (TPSA) is 37.8 Å². The molecule has 0 fully saturated rings. The third-order valence-corrected chi connectivity index (χ3v) is 3.00. The predicted octanol–water partition coefficient (Wildman–Crippen LogP) is 3.52. The first-order chi connectivity index (χ1) is 9.74. The van der Waals surface area contributed by atoms with Gasteiger partial charge in [0.1, 0.15) is 23.8 Å². The lowest BCUT2D eigenvalue weighted by Gasteiger charge is -2.09. The molecule has 0 amide bonds. The lowest BCUT2D eigenvalue weighted by Crippen LogP contribution is -2.04. The van der Waals surface area contributed by atoms with Gasteiger partial charge in [0, 0.05) is 23.6 Å². The monoisotopic (exact) mass is 271 g/mol. The van der Waals surface area contributed by atoms with E-state index in [1.165, 1.54) is 18.5 Å². The van der Waals surface area contributed by atoms with Crippen LogP contribution in [0.3, 0.4) is 0 Å². The van der Waals surface area contributed by atoms with Crippen molar-refractivity contribution in [2.45, 2.75) is 6.54 Å². The van der Waals surface area contributed by atoms with Crippen LogP contribution in [0.2, 0.25) is 0 Å². The molecule has 5 heteroatoms. The van der Waals surface area contributed by atoms with Gasteiger partial charge >= 0.3 is 0 Å². The van der Waals surface area contributed by atoms with E-state index in [4.69, 9.17) is 0 Å². The molecule has 0 unspecified atom stereocenters. The second-order valence-electron chi connectivity index (χ2n) is 4.33. The fourth-order valence-corrected chi connectivity index (χ4v) is 1.99. The predicted molar refractivity (Wildman–Crippen MR) is 73.2 cm³/mol. The largest absolute Gasteiger partial charge is 0.365 e. The second-order valence-corrected chi connectivity index (χ2v) is 4.33. The molecule has 3 rings (SSSR count). The van der Waals surface area contributed by atoms with Crippen LogP contribution >= 0.6 is 0 Å². The molecule has 3 aromatic rings. The number of benzene rings is 2. The first-order valence-electron chi connectivity index (χ1n) is 6.11. The highest BCUT2D eigenvalue weighted by molar-refractivity contribution is 5.88. The maximum Gasteiger partial charge on any atom is 0.137 e. The van der Waals surface area contributed by atoms with E-state index in [-0.39, 0.29) is 6.54 Å². The van der Waals surface area contributed by atoms with Crippen LogP contribution in [0.4, 0.5) is 14.6 Å². The Morgan fingerprint density at radius 2 is 1.85 bits per heavy atom. The molecule has 0 saturated carbocycles. The number of hydrogen-bond acceptors (Lipinski definition) is 3. The van der Waals surface area contributed by atoms with E-state index in [2.05, 4.69) is 15.3 Å². The number of nitrogens with one attached hydrogen (secondary N) is 1. The van der Waals surface area contributed by atoms with Crippen molar-refractivity contribution >= 4 is 16.7 Å². The molecule has 0 bridgehead atoms. The molecular weight excluding hydrogens is 260 g/mol. The molecule has 20 heavy (non-hydrogen) atoms. The molecule has 0 saturated heterocycles. The van der Waals surface area contributed by atoms with Crippen molar-refractivity contribution in [2.75, 3.05) is 5.32 Å². The van der Waals surface area contributed by atoms with Crippen LogP contribution in [0.1, 0.15) is 5.56 Å². The van der Waals surface area contributed by atoms with Gasteiger partial charge in [-0.15, -0.1) is 0 Å². The minimum Gasteiger partial charge on any atom is -0.365 e. The molecule has 100 valence electrons. The van der Waals surface area contributed by atoms with Gasteiger partial charge in [-0.1, -0.05) is 18.2 Å². The maximum atomic E-state index is 13.6. The minimum absolute atomic E-state index is 0.229. The summed E-state index contributed by atoms with van der Waals surface area (Å²) in [5.74, 6) is -0.533. The van der Waals surface area contributed by atoms with Gasteiger partial charge in [-0.3, -0.25) is 0 Å². The van der Waals surface area contributed by atoms with Gasteiger partial charge in [0.25, 0.3) is 0 Å². The molecule has 2 aromatic carbocycles. The van der Waals surface area contributed by atoms with E-state index in [0.717, 1.165) is 17.0 Å². The van der Waals surface area contributed by atoms with Crippen molar-refractivity contribution in [3.05, 3.63) is 66.0 Å². The Hall–Kier alpha value is -2.56. The highest BCUT2D eigenvalue weighted by atomic mass is 19.1. The van der Waals surface area contributed by atoms with Crippen LogP contribution < -0.4 is 5.32 Å². The summed E-state index contributed by atoms with van der Waals surface area (Å²) in [6.45, 7) is 0.229. The molecule has 3 nitrogen and oxygen atoms in total. The Kier molecular flexibility index (Phi) is 3.25. The summed E-state index contributed by atoms with van der Waals surface area (Å²) in [6, 6.07) is 11.1. The molecule has 1 heterocycles. The number of aromatic nitrogens is 2. The Morgan fingerprint density at radius 1 is 1.00 bits per heavy atom. The standard InChI is InChI=1S/C15H11F2N3/c16-11-6-5-10(13(17)7-11)8-18-15-12-3-1-2-4-14(12)19-9-20-15/h1-7,9H,8H2,(H,18,19,20). The zero-order valence-electron chi connectivity index (χ0n) is 10.5. The summed E-state index contributed by atoms with van der Waals surface area (Å²) in [5.41, 5.74) is 1.19. The highest BCUT2D eigenvalue weighted by Crippen LogP contribution is 2.19. The number of hydrogen-bond donors (Lipinski definition) is 1. The van der Waals surface area contributed by atoms with E-state index in [9.17, 15) is 8.78 Å². The normalized spacial score (nSPS) is 10.7. The van der Waals surface area contributed by atoms with Crippen LogP contribution in [0.5, 0.6) is 0 Å². The summed E-state index contributed by atoms with van der Waals surface area (Å²) >= 11 is 0. The first kappa shape index (κ1) is 12.5. The summed E-state index contributed by atoms with van der Waals surface area (Å²) in [6.07, 6.45) is 1.45. The number of halogens is 2. The molecule has 0 aliphatic heterocycles. The number of fused-ring (bicyclic) bond motifs is 1. The minimum atomic E-state index is -0.585. The van der Waals surface area contributed by atoms with E-state index >= 15 is 0 Å². The van der Waals surface area contributed by atoms with Gasteiger partial charge in [-0.05, 0) is 18.2 Å². The summed E-state index contributed by atoms with van der Waals surface area (Å²) in [5, 5.41) is 3.91. The van der Waals surface area contributed by atoms with Crippen molar-refractivity contribution in [1.82, 2.24) is 9.97 Å². The summed E-state index contributed by atoms with van der Waals surface area (Å²) in [7, 11) is 0. The molecule has 1 aromatic heterocycles. The van der Waals surface area contributed by atoms with Crippen LogP contribution in [0.15, 0.2) is 48.8 Å². The van der Waals surface area contributed by atoms with Crippen molar-refractivity contribution in [2.24, 2.45) is 0 Å². The number of para-hydroxylation sites is 1. The zero-order valence-corrected chi connectivity index (χ0v) is 10.5. The second kappa shape index (κ2) is 5.21. The van der Waals surface area contributed by atoms with Crippen LogP contribution in [0.25, 0.3) is 10.9 Å². The molecule has 0 spiro atoms. The van der Waals surface area contributed by atoms with E-state index in [0.29, 0.717) is 11.4 Å². The Morgan fingerprint density at radius 3 is 2.70 bits per heavy atom. The number of rotatable bonds is 3. The average Bonchev–Trinajstić information content (AvgIpc) is 2.46. The summed E-state index contributed by atoms with van der Waals surface area (Å²) in [4.78, 5) is 8.30. The van der Waals surface area contributed by atoms with Crippen molar-refractivity contribution < 1.29 is 8.78 Å². The van der Waals surface area contributed by atoms with Gasteiger partial charge in [0.15, 0.2) is 0 Å². The smallest absolute Gasteiger partial charge is 0.137 e. The third-order valence-electron chi connectivity index (χ3n) is 3.00. The summed E-state index contributed by atoms with van der Waals surface area (Å²) < 4.78 is 26.4. The lowest BCUT2D eigenvalue weighted by molar-refractivity contribution is 0.574. The number of anilines is 1. The van der Waals surface area contributed by atoms with Crippen LogP contribution in [0, 0.1) is 11.6 Å². The Bertz CT molecular complexity index is 754. The van der Waals surface area contributed by atoms with Gasteiger partial charge in [0.2, 0.25) is 0 Å². The molecule has 0 radical (unpaired) electrons. The third kappa shape index (κ3) is 2.42. The van der Waals surface area contributed by atoms with Gasteiger partial charge in [-0.2, -0.15) is 0 Å². The first-order valence-corrected chi connectivity index (χ1v) is 6.11. The van der Waals surface area contributed by atoms with Crippen molar-refractivity contribution in [1.29, 1.82) is 0 Å². The molecule has 0 aliphatic carbocycles. The van der Waals surface area contributed by atoms with Gasteiger partial charge in [-0.25, -0.2) is 18.7 Å². The zero-order chi connectivity index (χ0) is 13.9. The Balaban J connectivity index is 1.87. The van der Waals surface area contributed by atoms with Gasteiger partial charge < -0.3 is 5.32 Å². The SMILES string of the molecule is Fc1ccc(CNc2ncnc3ccccc23)c(F)c1. The van der Waals surface area contributed by atoms with Crippen molar-refractivity contribution in [3.8, 4) is 0 Å². The van der Waals surface area contributed by atoms with E-state index in [1.54, 1.807) is 0 Å². The average molecular weight is 271 g/mol. The highest BCUT2D eigenvalue weighted by Gasteiger charge is 2.06. The van der Waals surface area contributed by atoms with Crippen LogP contribution in [-0.2, 0) is 6.54 Å². The maximum absolute atomic E-state index is 13.6. The fourth-order valence-electron chi connectivity index (χ4n) is 1.99. The quantitative estimate of drug-likeness (QED) is 0.792. The number of nitrogens with zero attached hydrogens (tertiary/aromatic N) is 2. The molecular formula is C15H11F2N3. The van der Waals surface area contributed by atoms with Crippen molar-refractivity contribution in [3.63, 3.8) is 0 Å². The molecule has 0 atom stereocenters. The van der Waals surface area contributed by atoms with Crippen LogP contribution in [-0.4, -0.2) is 9.97 Å². The van der Waals surface area contributed by atoms with E-state index < -0.39 is 11.6 Å². The fraction of sp³-hybridized carbons (Fsp3) is 0.0667. The van der Waals surface area contributed by atoms with E-state index in [1.807, 2.05) is 24.3 Å².